The first-order valence-corrected chi connectivity index (χ1v) is 9.05. The van der Waals surface area contributed by atoms with Crippen LogP contribution in [0, 0.1) is 23.7 Å². The van der Waals surface area contributed by atoms with Crippen molar-refractivity contribution in [2.75, 3.05) is 0 Å². The molecule has 1 rings (SSSR count). The highest BCUT2D eigenvalue weighted by Gasteiger charge is 1.96. The summed E-state index contributed by atoms with van der Waals surface area (Å²) in [5, 5.41) is 8.54. The molecule has 0 saturated carbocycles. The minimum absolute atomic E-state index is 0.316. The minimum atomic E-state index is -0.677. The van der Waals surface area contributed by atoms with Crippen molar-refractivity contribution >= 4 is 5.97 Å². The van der Waals surface area contributed by atoms with E-state index in [0.717, 1.165) is 31.2 Å². The van der Waals surface area contributed by atoms with Gasteiger partial charge in [0.2, 0.25) is 0 Å². The Balaban J connectivity index is 1.88. The van der Waals surface area contributed by atoms with E-state index >= 15 is 0 Å². The standard InChI is InChI=1S/C22H28O2/c23-22(24)20-16-11-9-7-5-3-1-2-4-6-8-10-13-17-21-18-14-12-15-19-21/h12,14-15,18-19H,1-7,9,11,16,20H2,(H,23,24). The molecule has 0 atom stereocenters. The topological polar surface area (TPSA) is 37.3 Å². The summed E-state index contributed by atoms with van der Waals surface area (Å²) in [7, 11) is 0. The Bertz CT molecular complexity index is 567. The lowest BCUT2D eigenvalue weighted by Gasteiger charge is -2.01. The van der Waals surface area contributed by atoms with E-state index in [1.54, 1.807) is 0 Å². The van der Waals surface area contributed by atoms with Crippen molar-refractivity contribution in [3.63, 3.8) is 0 Å². The average molecular weight is 324 g/mol. The molecule has 24 heavy (non-hydrogen) atoms. The Labute approximate surface area is 146 Å². The highest BCUT2D eigenvalue weighted by atomic mass is 16.4. The number of benzene rings is 1. The summed E-state index contributed by atoms with van der Waals surface area (Å²) in [4.78, 5) is 10.4. The van der Waals surface area contributed by atoms with Gasteiger partial charge in [0.15, 0.2) is 0 Å². The maximum atomic E-state index is 10.4. The van der Waals surface area contributed by atoms with Crippen molar-refractivity contribution in [3.8, 4) is 23.7 Å². The predicted molar refractivity (Wildman–Crippen MR) is 99.5 cm³/mol. The monoisotopic (exact) mass is 324 g/mol. The van der Waals surface area contributed by atoms with E-state index < -0.39 is 5.97 Å². The number of carboxylic acid groups (broad SMARTS) is 1. The Morgan fingerprint density at radius 3 is 2.00 bits per heavy atom. The van der Waals surface area contributed by atoms with E-state index in [9.17, 15) is 4.79 Å². The van der Waals surface area contributed by atoms with Crippen molar-refractivity contribution in [2.24, 2.45) is 0 Å². The molecule has 0 aliphatic heterocycles. The van der Waals surface area contributed by atoms with Gasteiger partial charge in [-0.2, -0.15) is 0 Å². The SMILES string of the molecule is O=C(O)CCCCCCCCCCCC#CC#Cc1ccccc1. The van der Waals surface area contributed by atoms with Crippen LogP contribution in [0.4, 0.5) is 0 Å². The van der Waals surface area contributed by atoms with Crippen molar-refractivity contribution < 1.29 is 9.90 Å². The molecule has 0 heterocycles. The van der Waals surface area contributed by atoms with Gasteiger partial charge in [-0.25, -0.2) is 0 Å². The van der Waals surface area contributed by atoms with Gasteiger partial charge in [-0.3, -0.25) is 4.79 Å². The van der Waals surface area contributed by atoms with Crippen LogP contribution in [0.25, 0.3) is 0 Å². The lowest BCUT2D eigenvalue weighted by atomic mass is 10.1. The normalized spacial score (nSPS) is 9.50. The van der Waals surface area contributed by atoms with Crippen molar-refractivity contribution in [1.82, 2.24) is 0 Å². The molecule has 1 aromatic rings. The third-order valence-electron chi connectivity index (χ3n) is 3.82. The third-order valence-corrected chi connectivity index (χ3v) is 3.82. The first-order valence-electron chi connectivity index (χ1n) is 9.05. The molecule has 0 fully saturated rings. The number of aliphatic carboxylic acids is 1. The van der Waals surface area contributed by atoms with Gasteiger partial charge in [-0.05, 0) is 36.8 Å². The van der Waals surface area contributed by atoms with Crippen LogP contribution in [-0.2, 0) is 4.79 Å². The summed E-state index contributed by atoms with van der Waals surface area (Å²) in [6, 6.07) is 9.92. The fraction of sp³-hybridized carbons (Fsp3) is 0.500. The van der Waals surface area contributed by atoms with Crippen LogP contribution in [0.1, 0.15) is 76.2 Å². The zero-order valence-corrected chi connectivity index (χ0v) is 14.5. The molecule has 2 heteroatoms. The Morgan fingerprint density at radius 1 is 0.792 bits per heavy atom. The number of unbranched alkanes of at least 4 members (excludes halogenated alkanes) is 9. The number of carboxylic acids is 1. The zero-order valence-electron chi connectivity index (χ0n) is 14.5. The summed E-state index contributed by atoms with van der Waals surface area (Å²) in [5.74, 6) is 11.3. The molecular formula is C22H28O2. The summed E-state index contributed by atoms with van der Waals surface area (Å²) >= 11 is 0. The van der Waals surface area contributed by atoms with Crippen molar-refractivity contribution in [3.05, 3.63) is 35.9 Å². The molecular weight excluding hydrogens is 296 g/mol. The second-order valence-electron chi connectivity index (χ2n) is 5.99. The highest BCUT2D eigenvalue weighted by molar-refractivity contribution is 5.66. The van der Waals surface area contributed by atoms with E-state index in [1.807, 2.05) is 30.3 Å². The molecule has 0 saturated heterocycles. The second-order valence-corrected chi connectivity index (χ2v) is 5.99. The highest BCUT2D eigenvalue weighted by Crippen LogP contribution is 2.11. The summed E-state index contributed by atoms with van der Waals surface area (Å²) in [5.41, 5.74) is 1.01. The largest absolute Gasteiger partial charge is 0.481 e. The molecule has 0 amide bonds. The van der Waals surface area contributed by atoms with Crippen LogP contribution < -0.4 is 0 Å². The predicted octanol–water partition coefficient (Wildman–Crippen LogP) is 5.42. The van der Waals surface area contributed by atoms with Gasteiger partial charge in [0, 0.05) is 18.4 Å². The summed E-state index contributed by atoms with van der Waals surface area (Å²) in [6.45, 7) is 0. The third kappa shape index (κ3) is 12.4. The van der Waals surface area contributed by atoms with Crippen molar-refractivity contribution in [2.45, 2.75) is 70.6 Å². The number of carbonyl (C=O) groups is 1. The molecule has 0 unspecified atom stereocenters. The Kier molecular flexibility index (Phi) is 11.9. The van der Waals surface area contributed by atoms with Gasteiger partial charge in [-0.1, -0.05) is 75.0 Å². The van der Waals surface area contributed by atoms with Gasteiger partial charge in [0.1, 0.15) is 0 Å². The molecule has 1 N–H and O–H groups in total. The Morgan fingerprint density at radius 2 is 1.38 bits per heavy atom. The maximum absolute atomic E-state index is 10.4. The van der Waals surface area contributed by atoms with Gasteiger partial charge in [0.25, 0.3) is 0 Å². The van der Waals surface area contributed by atoms with Gasteiger partial charge in [0.05, 0.1) is 0 Å². The number of hydrogen-bond acceptors (Lipinski definition) is 1. The molecule has 128 valence electrons. The quantitative estimate of drug-likeness (QED) is 0.436. The van der Waals surface area contributed by atoms with E-state index in [4.69, 9.17) is 5.11 Å². The fourth-order valence-corrected chi connectivity index (χ4v) is 2.46. The van der Waals surface area contributed by atoms with Gasteiger partial charge in [-0.15, -0.1) is 0 Å². The maximum Gasteiger partial charge on any atom is 0.303 e. The molecule has 0 aliphatic rings. The van der Waals surface area contributed by atoms with Crippen LogP contribution in [0.2, 0.25) is 0 Å². The van der Waals surface area contributed by atoms with Crippen molar-refractivity contribution in [1.29, 1.82) is 0 Å². The van der Waals surface area contributed by atoms with Gasteiger partial charge >= 0.3 is 5.97 Å². The minimum Gasteiger partial charge on any atom is -0.481 e. The Hall–Kier alpha value is -2.19. The van der Waals surface area contributed by atoms with Crippen LogP contribution in [-0.4, -0.2) is 11.1 Å². The molecule has 2 nitrogen and oxygen atoms in total. The first kappa shape index (κ1) is 19.9. The van der Waals surface area contributed by atoms with E-state index in [2.05, 4.69) is 23.7 Å². The van der Waals surface area contributed by atoms with Crippen LogP contribution in [0.3, 0.4) is 0 Å². The summed E-state index contributed by atoms with van der Waals surface area (Å²) in [6.07, 6.45) is 11.7. The van der Waals surface area contributed by atoms with E-state index in [0.29, 0.717) is 6.42 Å². The number of hydrogen-bond donors (Lipinski definition) is 1. The molecule has 0 radical (unpaired) electrons. The average Bonchev–Trinajstić information content (AvgIpc) is 2.59. The van der Waals surface area contributed by atoms with Crippen LogP contribution in [0.5, 0.6) is 0 Å². The molecule has 0 aromatic heterocycles. The lowest BCUT2D eigenvalue weighted by Crippen LogP contribution is -1.93. The van der Waals surface area contributed by atoms with Crippen LogP contribution in [0.15, 0.2) is 30.3 Å². The molecule has 0 spiro atoms. The first-order chi connectivity index (χ1) is 11.8. The van der Waals surface area contributed by atoms with Gasteiger partial charge < -0.3 is 5.11 Å². The zero-order chi connectivity index (χ0) is 17.3. The van der Waals surface area contributed by atoms with E-state index in [-0.39, 0.29) is 0 Å². The summed E-state index contributed by atoms with van der Waals surface area (Å²) < 4.78 is 0. The lowest BCUT2D eigenvalue weighted by molar-refractivity contribution is -0.137. The molecule has 1 aromatic carbocycles. The molecule has 0 aliphatic carbocycles. The van der Waals surface area contributed by atoms with Crippen LogP contribution >= 0.6 is 0 Å². The molecule has 0 bridgehead atoms. The van der Waals surface area contributed by atoms with E-state index in [1.165, 1.54) is 38.5 Å². The number of rotatable bonds is 11. The second kappa shape index (κ2) is 14.4. The smallest absolute Gasteiger partial charge is 0.303 e. The fourth-order valence-electron chi connectivity index (χ4n) is 2.46.